The van der Waals surface area contributed by atoms with Crippen LogP contribution < -0.4 is 0 Å². The van der Waals surface area contributed by atoms with Crippen LogP contribution in [0.1, 0.15) is 70.9 Å². The molecule has 0 saturated heterocycles. The molecule has 3 nitrogen and oxygen atoms in total. The molecule has 0 radical (unpaired) electrons. The predicted octanol–water partition coefficient (Wildman–Crippen LogP) is 8.21. The molecule has 0 amide bonds. The fourth-order valence-corrected chi connectivity index (χ4v) is 4.19. The lowest BCUT2D eigenvalue weighted by Crippen LogP contribution is -1.97. The minimum Gasteiger partial charge on any atom is -0.508 e. The summed E-state index contributed by atoms with van der Waals surface area (Å²) in [4.78, 5) is 3.47. The number of allylic oxidation sites excluding steroid dienone is 4. The van der Waals surface area contributed by atoms with E-state index in [1.165, 1.54) is 11.1 Å². The van der Waals surface area contributed by atoms with Gasteiger partial charge in [-0.3, -0.25) is 0 Å². The molecule has 0 aliphatic rings. The van der Waals surface area contributed by atoms with Crippen molar-refractivity contribution in [3.63, 3.8) is 0 Å². The normalized spacial score (nSPS) is 11.8. The summed E-state index contributed by atoms with van der Waals surface area (Å²) in [5.41, 5.74) is 6.95. The number of H-pyrrole nitrogens is 1. The third kappa shape index (κ3) is 5.85. The van der Waals surface area contributed by atoms with Crippen LogP contribution in [0.25, 0.3) is 22.2 Å². The number of aromatic amines is 1. The first-order valence-electron chi connectivity index (χ1n) is 11.8. The van der Waals surface area contributed by atoms with Crippen molar-refractivity contribution in [3.05, 3.63) is 70.8 Å². The number of nitrogens with one attached hydrogen (secondary N) is 1. The highest BCUT2D eigenvalue weighted by Gasteiger charge is 2.19. The molecule has 3 N–H and O–H groups in total. The number of fused-ring (bicyclic) bond motifs is 1. The Bertz CT molecular complexity index is 1080. The molecule has 0 saturated carbocycles. The first-order valence-corrected chi connectivity index (χ1v) is 11.8. The Morgan fingerprint density at radius 2 is 1.78 bits per heavy atom. The molecule has 0 bridgehead atoms. The van der Waals surface area contributed by atoms with Crippen LogP contribution in [0.4, 0.5) is 0 Å². The van der Waals surface area contributed by atoms with Gasteiger partial charge in [-0.05, 0) is 76.6 Å². The van der Waals surface area contributed by atoms with E-state index in [1.807, 2.05) is 24.3 Å². The number of phenolic OH excluding ortho intramolecular Hbond substituents is 2. The van der Waals surface area contributed by atoms with Gasteiger partial charge in [-0.2, -0.15) is 0 Å². The molecule has 1 heterocycles. The Kier molecular flexibility index (Phi) is 8.21. The van der Waals surface area contributed by atoms with Crippen molar-refractivity contribution in [1.29, 1.82) is 0 Å². The number of phenols is 2. The summed E-state index contributed by atoms with van der Waals surface area (Å²) in [5.74, 6) is 0.374. The van der Waals surface area contributed by atoms with E-state index in [0.29, 0.717) is 12.0 Å². The molecule has 0 fully saturated rings. The van der Waals surface area contributed by atoms with Crippen LogP contribution in [-0.2, 0) is 12.8 Å². The molecular weight excluding hydrogens is 394 g/mol. The van der Waals surface area contributed by atoms with Gasteiger partial charge >= 0.3 is 0 Å². The maximum atomic E-state index is 11.3. The van der Waals surface area contributed by atoms with Gasteiger partial charge in [0.2, 0.25) is 0 Å². The summed E-state index contributed by atoms with van der Waals surface area (Å²) in [6, 6.07) is 12.1. The average Bonchev–Trinajstić information content (AvgIpc) is 3.17. The molecule has 3 heteroatoms. The zero-order chi connectivity index (χ0) is 23.1. The second kappa shape index (κ2) is 11.1. The Balaban J connectivity index is 1.98. The Hall–Kier alpha value is -2.94. The number of unbranched alkanes of at least 4 members (excludes halogenated alkanes) is 2. The zero-order valence-corrected chi connectivity index (χ0v) is 20.0. The molecule has 170 valence electrons. The van der Waals surface area contributed by atoms with Crippen molar-refractivity contribution in [2.75, 3.05) is 0 Å². The zero-order valence-electron chi connectivity index (χ0n) is 20.0. The van der Waals surface area contributed by atoms with Gasteiger partial charge in [0.25, 0.3) is 0 Å². The summed E-state index contributed by atoms with van der Waals surface area (Å²) in [5, 5.41) is 23.2. The number of aryl methyl sites for hydroxylation is 1. The molecule has 0 aliphatic carbocycles. The fourth-order valence-electron chi connectivity index (χ4n) is 4.19. The molecule has 0 aliphatic heterocycles. The van der Waals surface area contributed by atoms with Crippen LogP contribution >= 0.6 is 0 Å². The van der Waals surface area contributed by atoms with Crippen LogP contribution in [0.2, 0.25) is 0 Å². The number of benzene rings is 2. The van der Waals surface area contributed by atoms with Crippen molar-refractivity contribution >= 4 is 10.9 Å². The Morgan fingerprint density at radius 3 is 2.50 bits per heavy atom. The minimum absolute atomic E-state index is 0.183. The predicted molar refractivity (Wildman–Crippen MR) is 136 cm³/mol. The van der Waals surface area contributed by atoms with E-state index < -0.39 is 0 Å². The highest BCUT2D eigenvalue weighted by molar-refractivity contribution is 5.88. The first kappa shape index (κ1) is 23.7. The van der Waals surface area contributed by atoms with Gasteiger partial charge in [0.1, 0.15) is 11.5 Å². The molecule has 3 aromatic rings. The van der Waals surface area contributed by atoms with Gasteiger partial charge in [-0.25, -0.2) is 0 Å². The second-order valence-electron chi connectivity index (χ2n) is 9.06. The van der Waals surface area contributed by atoms with E-state index in [4.69, 9.17) is 0 Å². The molecule has 0 unspecified atom stereocenters. The summed E-state index contributed by atoms with van der Waals surface area (Å²) in [7, 11) is 0. The van der Waals surface area contributed by atoms with Crippen LogP contribution in [0.15, 0.2) is 59.7 Å². The lowest BCUT2D eigenvalue weighted by atomic mass is 9.93. The standard InChI is InChI=1S/C29H37NO2/c1-5-6-7-14-23-19-27(31)24(17-16-21(4)12-10-11-20(2)3)29(32)28(23)26-18-22-13-8-9-15-25(22)30-26/h8-9,11,13,15-16,18-19,30-32H,5-7,10,12,14,17H2,1-4H3. The number of aromatic nitrogens is 1. The summed E-state index contributed by atoms with van der Waals surface area (Å²) >= 11 is 0. The van der Waals surface area contributed by atoms with Crippen molar-refractivity contribution < 1.29 is 10.2 Å². The highest BCUT2D eigenvalue weighted by atomic mass is 16.3. The van der Waals surface area contributed by atoms with Gasteiger partial charge in [-0.15, -0.1) is 0 Å². The number of hydrogen-bond acceptors (Lipinski definition) is 2. The minimum atomic E-state index is 0.183. The van der Waals surface area contributed by atoms with E-state index in [-0.39, 0.29) is 11.5 Å². The molecular formula is C29H37NO2. The van der Waals surface area contributed by atoms with E-state index in [9.17, 15) is 10.2 Å². The topological polar surface area (TPSA) is 56.2 Å². The number of rotatable bonds is 10. The van der Waals surface area contributed by atoms with Gasteiger partial charge < -0.3 is 15.2 Å². The quantitative estimate of drug-likeness (QED) is 0.224. The maximum Gasteiger partial charge on any atom is 0.132 e. The van der Waals surface area contributed by atoms with Crippen LogP contribution in [-0.4, -0.2) is 15.2 Å². The molecule has 3 rings (SSSR count). The number of aromatic hydroxyl groups is 2. The van der Waals surface area contributed by atoms with E-state index in [2.05, 4.69) is 57.0 Å². The van der Waals surface area contributed by atoms with Crippen LogP contribution in [0.5, 0.6) is 11.5 Å². The highest BCUT2D eigenvalue weighted by Crippen LogP contribution is 2.42. The van der Waals surface area contributed by atoms with Crippen molar-refractivity contribution in [1.82, 2.24) is 4.98 Å². The SMILES string of the molecule is CCCCCc1cc(O)c(CC=C(C)CCC=C(C)C)c(O)c1-c1cc2ccccc2[nH]1. The van der Waals surface area contributed by atoms with Crippen LogP contribution in [0.3, 0.4) is 0 Å². The number of para-hydroxylation sites is 1. The molecule has 0 atom stereocenters. The lowest BCUT2D eigenvalue weighted by Gasteiger charge is -2.16. The monoisotopic (exact) mass is 431 g/mol. The summed E-state index contributed by atoms with van der Waals surface area (Å²) in [6.07, 6.45) is 11.0. The van der Waals surface area contributed by atoms with Crippen molar-refractivity contribution in [2.24, 2.45) is 0 Å². The Labute approximate surface area is 192 Å². The lowest BCUT2D eigenvalue weighted by molar-refractivity contribution is 0.440. The summed E-state index contributed by atoms with van der Waals surface area (Å²) < 4.78 is 0. The number of hydrogen-bond donors (Lipinski definition) is 3. The van der Waals surface area contributed by atoms with E-state index in [0.717, 1.165) is 66.2 Å². The third-order valence-corrected chi connectivity index (χ3v) is 6.06. The molecule has 2 aromatic carbocycles. The van der Waals surface area contributed by atoms with Gasteiger partial charge in [0, 0.05) is 22.0 Å². The second-order valence-corrected chi connectivity index (χ2v) is 9.06. The average molecular weight is 432 g/mol. The molecule has 0 spiro atoms. The van der Waals surface area contributed by atoms with Gasteiger partial charge in [0.05, 0.1) is 5.69 Å². The maximum absolute atomic E-state index is 11.3. The van der Waals surface area contributed by atoms with Gasteiger partial charge in [0.15, 0.2) is 0 Å². The largest absolute Gasteiger partial charge is 0.508 e. The Morgan fingerprint density at radius 1 is 1.00 bits per heavy atom. The first-order chi connectivity index (χ1) is 15.4. The smallest absolute Gasteiger partial charge is 0.132 e. The fraction of sp³-hybridized carbons (Fsp3) is 0.379. The molecule has 1 aromatic heterocycles. The van der Waals surface area contributed by atoms with Crippen LogP contribution in [0, 0.1) is 0 Å². The summed E-state index contributed by atoms with van der Waals surface area (Å²) in [6.45, 7) is 8.53. The third-order valence-electron chi connectivity index (χ3n) is 6.06. The molecule has 32 heavy (non-hydrogen) atoms. The van der Waals surface area contributed by atoms with E-state index >= 15 is 0 Å². The van der Waals surface area contributed by atoms with E-state index in [1.54, 1.807) is 0 Å². The van der Waals surface area contributed by atoms with Crippen molar-refractivity contribution in [2.45, 2.75) is 72.6 Å². The van der Waals surface area contributed by atoms with Crippen molar-refractivity contribution in [3.8, 4) is 22.8 Å². The van der Waals surface area contributed by atoms with Gasteiger partial charge in [-0.1, -0.05) is 61.3 Å².